The number of nitrogen functional groups attached to an aromatic ring is 1. The molecule has 0 spiro atoms. The van der Waals surface area contributed by atoms with Crippen molar-refractivity contribution >= 4 is 17.3 Å². The van der Waals surface area contributed by atoms with Gasteiger partial charge in [0.1, 0.15) is 0 Å². The molecule has 1 aromatic rings. The zero-order valence-electron chi connectivity index (χ0n) is 13.3. The van der Waals surface area contributed by atoms with Crippen LogP contribution in [0.4, 0.5) is 11.4 Å². The monoisotopic (exact) mass is 290 g/mol. The van der Waals surface area contributed by atoms with E-state index in [-0.39, 0.29) is 5.97 Å². The van der Waals surface area contributed by atoms with Crippen molar-refractivity contribution in [2.24, 2.45) is 5.41 Å². The zero-order chi connectivity index (χ0) is 15.5. The smallest absolute Gasteiger partial charge is 0.340 e. The Morgan fingerprint density at radius 1 is 1.33 bits per heavy atom. The lowest BCUT2D eigenvalue weighted by Crippen LogP contribution is -2.38. The van der Waals surface area contributed by atoms with Gasteiger partial charge in [0.2, 0.25) is 0 Å². The SMILES string of the molecule is CCOC(=O)c1cc(N2CCC(C)(CC)CC2)ccc1N. The van der Waals surface area contributed by atoms with Crippen LogP contribution in [0.5, 0.6) is 0 Å². The van der Waals surface area contributed by atoms with Crippen molar-refractivity contribution in [3.05, 3.63) is 23.8 Å². The number of carbonyl (C=O) groups is 1. The van der Waals surface area contributed by atoms with Gasteiger partial charge in [-0.05, 0) is 43.4 Å². The number of hydrogen-bond acceptors (Lipinski definition) is 4. The van der Waals surface area contributed by atoms with E-state index in [1.807, 2.05) is 12.1 Å². The number of hydrogen-bond donors (Lipinski definition) is 1. The second kappa shape index (κ2) is 6.37. The molecule has 4 heteroatoms. The van der Waals surface area contributed by atoms with Crippen LogP contribution in [0.3, 0.4) is 0 Å². The number of rotatable bonds is 4. The third-order valence-electron chi connectivity index (χ3n) is 4.72. The van der Waals surface area contributed by atoms with E-state index in [2.05, 4.69) is 18.7 Å². The zero-order valence-corrected chi connectivity index (χ0v) is 13.3. The summed E-state index contributed by atoms with van der Waals surface area (Å²) in [6.45, 7) is 8.83. The molecule has 4 nitrogen and oxygen atoms in total. The summed E-state index contributed by atoms with van der Waals surface area (Å²) in [6, 6.07) is 5.66. The maximum absolute atomic E-state index is 11.9. The minimum atomic E-state index is -0.341. The number of nitrogens with zero attached hydrogens (tertiary/aromatic N) is 1. The Bertz CT molecular complexity index is 506. The van der Waals surface area contributed by atoms with Gasteiger partial charge in [-0.1, -0.05) is 20.3 Å². The van der Waals surface area contributed by atoms with Gasteiger partial charge < -0.3 is 15.4 Å². The van der Waals surface area contributed by atoms with E-state index in [0.29, 0.717) is 23.3 Å². The summed E-state index contributed by atoms with van der Waals surface area (Å²) < 4.78 is 5.06. The van der Waals surface area contributed by atoms with Crippen LogP contribution in [-0.2, 0) is 4.74 Å². The third-order valence-corrected chi connectivity index (χ3v) is 4.72. The minimum absolute atomic E-state index is 0.341. The van der Waals surface area contributed by atoms with Gasteiger partial charge in [0.15, 0.2) is 0 Å². The first-order valence-electron chi connectivity index (χ1n) is 7.80. The molecule has 1 aliphatic rings. The minimum Gasteiger partial charge on any atom is -0.462 e. The number of benzene rings is 1. The normalized spacial score (nSPS) is 17.6. The van der Waals surface area contributed by atoms with Crippen molar-refractivity contribution in [1.82, 2.24) is 0 Å². The van der Waals surface area contributed by atoms with E-state index in [1.54, 1.807) is 13.0 Å². The first kappa shape index (κ1) is 15.7. The number of ether oxygens (including phenoxy) is 1. The average Bonchev–Trinajstić information content (AvgIpc) is 2.49. The van der Waals surface area contributed by atoms with Crippen molar-refractivity contribution in [3.8, 4) is 0 Å². The van der Waals surface area contributed by atoms with Gasteiger partial charge in [-0.2, -0.15) is 0 Å². The molecule has 1 fully saturated rings. The van der Waals surface area contributed by atoms with Crippen LogP contribution in [0.25, 0.3) is 0 Å². The van der Waals surface area contributed by atoms with Gasteiger partial charge in [0.25, 0.3) is 0 Å². The van der Waals surface area contributed by atoms with E-state index in [9.17, 15) is 4.79 Å². The van der Waals surface area contributed by atoms with Gasteiger partial charge in [0, 0.05) is 24.5 Å². The molecule has 0 amide bonds. The molecule has 1 heterocycles. The molecule has 0 atom stereocenters. The first-order chi connectivity index (χ1) is 9.99. The standard InChI is InChI=1S/C17H26N2O2/c1-4-17(3)8-10-19(11-9-17)13-6-7-15(18)14(12-13)16(20)21-5-2/h6-7,12H,4-5,8-11,18H2,1-3H3. The van der Waals surface area contributed by atoms with E-state index >= 15 is 0 Å². The summed E-state index contributed by atoms with van der Waals surface area (Å²) in [5, 5.41) is 0. The molecule has 0 aliphatic carbocycles. The maximum Gasteiger partial charge on any atom is 0.340 e. The molecule has 2 rings (SSSR count). The van der Waals surface area contributed by atoms with Crippen molar-refractivity contribution < 1.29 is 9.53 Å². The van der Waals surface area contributed by atoms with E-state index in [4.69, 9.17) is 10.5 Å². The molecule has 0 bridgehead atoms. The second-order valence-corrected chi connectivity index (χ2v) is 6.14. The van der Waals surface area contributed by atoms with Crippen LogP contribution in [0.1, 0.15) is 50.4 Å². The Morgan fingerprint density at radius 2 is 2.00 bits per heavy atom. The fraction of sp³-hybridized carbons (Fsp3) is 0.588. The van der Waals surface area contributed by atoms with Crippen LogP contribution in [0, 0.1) is 5.41 Å². The van der Waals surface area contributed by atoms with Crippen molar-refractivity contribution in [1.29, 1.82) is 0 Å². The van der Waals surface area contributed by atoms with Crippen LogP contribution in [0.15, 0.2) is 18.2 Å². The summed E-state index contributed by atoms with van der Waals surface area (Å²) in [5.41, 5.74) is 8.36. The van der Waals surface area contributed by atoms with Crippen LogP contribution < -0.4 is 10.6 Å². The molecule has 0 radical (unpaired) electrons. The Morgan fingerprint density at radius 3 is 2.57 bits per heavy atom. The summed E-state index contributed by atoms with van der Waals surface area (Å²) in [7, 11) is 0. The summed E-state index contributed by atoms with van der Waals surface area (Å²) >= 11 is 0. The van der Waals surface area contributed by atoms with Gasteiger partial charge in [0.05, 0.1) is 12.2 Å². The van der Waals surface area contributed by atoms with Crippen LogP contribution in [-0.4, -0.2) is 25.7 Å². The summed E-state index contributed by atoms with van der Waals surface area (Å²) in [4.78, 5) is 14.3. The fourth-order valence-electron chi connectivity index (χ4n) is 2.78. The predicted molar refractivity (Wildman–Crippen MR) is 86.7 cm³/mol. The molecule has 1 saturated heterocycles. The molecule has 21 heavy (non-hydrogen) atoms. The van der Waals surface area contributed by atoms with Gasteiger partial charge >= 0.3 is 5.97 Å². The Hall–Kier alpha value is -1.71. The van der Waals surface area contributed by atoms with Crippen molar-refractivity contribution in [2.75, 3.05) is 30.3 Å². The number of esters is 1. The lowest BCUT2D eigenvalue weighted by Gasteiger charge is -2.40. The molecule has 0 saturated carbocycles. The largest absolute Gasteiger partial charge is 0.462 e. The Balaban J connectivity index is 2.15. The number of nitrogens with two attached hydrogens (primary N) is 1. The van der Waals surface area contributed by atoms with Crippen LogP contribution in [0.2, 0.25) is 0 Å². The average molecular weight is 290 g/mol. The molecule has 0 unspecified atom stereocenters. The highest BCUT2D eigenvalue weighted by molar-refractivity contribution is 5.96. The van der Waals surface area contributed by atoms with Gasteiger partial charge in [-0.25, -0.2) is 4.79 Å². The molecule has 1 aliphatic heterocycles. The maximum atomic E-state index is 11.9. The number of piperidine rings is 1. The third kappa shape index (κ3) is 3.49. The lowest BCUT2D eigenvalue weighted by molar-refractivity contribution is 0.0527. The van der Waals surface area contributed by atoms with Crippen molar-refractivity contribution in [3.63, 3.8) is 0 Å². The lowest BCUT2D eigenvalue weighted by atomic mass is 9.78. The van der Waals surface area contributed by atoms with Gasteiger partial charge in [-0.3, -0.25) is 0 Å². The second-order valence-electron chi connectivity index (χ2n) is 6.14. The molecule has 116 valence electrons. The Kier molecular flexibility index (Phi) is 4.76. The quantitative estimate of drug-likeness (QED) is 0.681. The number of anilines is 2. The van der Waals surface area contributed by atoms with E-state index < -0.39 is 0 Å². The predicted octanol–water partition coefficient (Wildman–Crippen LogP) is 3.46. The number of carbonyl (C=O) groups excluding carboxylic acids is 1. The van der Waals surface area contributed by atoms with E-state index in [0.717, 1.165) is 18.8 Å². The first-order valence-corrected chi connectivity index (χ1v) is 7.80. The molecular weight excluding hydrogens is 264 g/mol. The summed E-state index contributed by atoms with van der Waals surface area (Å²) in [6.07, 6.45) is 3.59. The van der Waals surface area contributed by atoms with Crippen LogP contribution >= 0.6 is 0 Å². The summed E-state index contributed by atoms with van der Waals surface area (Å²) in [5.74, 6) is -0.341. The highest BCUT2D eigenvalue weighted by atomic mass is 16.5. The van der Waals surface area contributed by atoms with E-state index in [1.165, 1.54) is 19.3 Å². The molecule has 0 aromatic heterocycles. The molecular formula is C17H26N2O2. The molecule has 2 N–H and O–H groups in total. The Labute approximate surface area is 127 Å². The van der Waals surface area contributed by atoms with Gasteiger partial charge in [-0.15, -0.1) is 0 Å². The van der Waals surface area contributed by atoms with Crippen molar-refractivity contribution in [2.45, 2.75) is 40.0 Å². The topological polar surface area (TPSA) is 55.6 Å². The molecule has 1 aromatic carbocycles. The highest BCUT2D eigenvalue weighted by Crippen LogP contribution is 2.36. The highest BCUT2D eigenvalue weighted by Gasteiger charge is 2.28. The fourth-order valence-corrected chi connectivity index (χ4v) is 2.78.